The molecule has 1 saturated heterocycles. The van der Waals surface area contributed by atoms with Crippen molar-refractivity contribution in [3.8, 4) is 0 Å². The Morgan fingerprint density at radius 3 is 2.00 bits per heavy atom. The molecule has 0 atom stereocenters. The highest BCUT2D eigenvalue weighted by Crippen LogP contribution is 2.06. The summed E-state index contributed by atoms with van der Waals surface area (Å²) in [5, 5.41) is 9.22. The zero-order valence-corrected chi connectivity index (χ0v) is 8.83. The quantitative estimate of drug-likeness (QED) is 0.744. The van der Waals surface area contributed by atoms with E-state index >= 15 is 0 Å². The van der Waals surface area contributed by atoms with Crippen molar-refractivity contribution in [2.45, 2.75) is 0 Å². The molecule has 1 rings (SSSR count). The third-order valence-electron chi connectivity index (χ3n) is 2.22. The second-order valence-electron chi connectivity index (χ2n) is 3.46. The summed E-state index contributed by atoms with van der Waals surface area (Å²) in [5.41, 5.74) is 0. The molecule has 5 heteroatoms. The lowest BCUT2D eigenvalue weighted by molar-refractivity contribution is -0.138. The highest BCUT2D eigenvalue weighted by molar-refractivity contribution is 6.29. The zero-order valence-electron chi connectivity index (χ0n) is 8.08. The zero-order chi connectivity index (χ0) is 10.6. The lowest BCUT2D eigenvalue weighted by Gasteiger charge is -2.33. The number of aliphatic carboxylic acids is 1. The number of nitrogens with zero attached hydrogens (tertiary/aromatic N) is 2. The maximum Gasteiger partial charge on any atom is 0.317 e. The van der Waals surface area contributed by atoms with Crippen LogP contribution in [-0.4, -0.2) is 60.1 Å². The smallest absolute Gasteiger partial charge is 0.317 e. The van der Waals surface area contributed by atoms with Crippen LogP contribution in [0.4, 0.5) is 0 Å². The summed E-state index contributed by atoms with van der Waals surface area (Å²) in [7, 11) is 0. The first-order chi connectivity index (χ1) is 6.58. The predicted octanol–water partition coefficient (Wildman–Crippen LogP) is 0.441. The highest BCUT2D eigenvalue weighted by Gasteiger charge is 2.18. The number of hydrogen-bond donors (Lipinski definition) is 1. The van der Waals surface area contributed by atoms with E-state index in [1.54, 1.807) is 0 Å². The van der Waals surface area contributed by atoms with E-state index in [1.165, 1.54) is 0 Å². The molecule has 0 saturated carbocycles. The summed E-state index contributed by atoms with van der Waals surface area (Å²) < 4.78 is 0. The third-order valence-corrected chi connectivity index (χ3v) is 2.34. The van der Waals surface area contributed by atoms with Crippen molar-refractivity contribution in [2.24, 2.45) is 0 Å². The Labute approximate surface area is 88.7 Å². The van der Waals surface area contributed by atoms with Crippen LogP contribution in [0.25, 0.3) is 0 Å². The van der Waals surface area contributed by atoms with Crippen LogP contribution in [0.5, 0.6) is 0 Å². The summed E-state index contributed by atoms with van der Waals surface area (Å²) in [5.74, 6) is -0.764. The molecule has 0 radical (unpaired) electrons. The van der Waals surface area contributed by atoms with Gasteiger partial charge in [0, 0.05) is 37.8 Å². The molecule has 0 aromatic heterocycles. The molecule has 14 heavy (non-hydrogen) atoms. The second-order valence-corrected chi connectivity index (χ2v) is 4.00. The molecule has 1 N–H and O–H groups in total. The molecule has 0 unspecified atom stereocenters. The van der Waals surface area contributed by atoms with Crippen molar-refractivity contribution < 1.29 is 9.90 Å². The van der Waals surface area contributed by atoms with Crippen LogP contribution in [0.3, 0.4) is 0 Å². The minimum atomic E-state index is -0.764. The van der Waals surface area contributed by atoms with Crippen molar-refractivity contribution in [1.29, 1.82) is 0 Å². The SMILES string of the molecule is C=C(Cl)CN1CCN(CC(=O)O)CC1. The van der Waals surface area contributed by atoms with Gasteiger partial charge in [0.25, 0.3) is 0 Å². The molecule has 1 fully saturated rings. The highest BCUT2D eigenvalue weighted by atomic mass is 35.5. The van der Waals surface area contributed by atoms with E-state index in [-0.39, 0.29) is 6.54 Å². The van der Waals surface area contributed by atoms with E-state index in [4.69, 9.17) is 16.7 Å². The van der Waals surface area contributed by atoms with Gasteiger partial charge in [0.05, 0.1) is 6.54 Å². The first-order valence-corrected chi connectivity index (χ1v) is 4.95. The molecule has 80 valence electrons. The fourth-order valence-corrected chi connectivity index (χ4v) is 1.71. The summed E-state index contributed by atoms with van der Waals surface area (Å²) in [6, 6.07) is 0. The van der Waals surface area contributed by atoms with Gasteiger partial charge in [-0.25, -0.2) is 0 Å². The van der Waals surface area contributed by atoms with E-state index in [1.807, 2.05) is 4.90 Å². The largest absolute Gasteiger partial charge is 0.480 e. The number of piperazine rings is 1. The molecule has 0 bridgehead atoms. The van der Waals surface area contributed by atoms with Crippen molar-refractivity contribution in [3.05, 3.63) is 11.6 Å². The number of carboxylic acids is 1. The van der Waals surface area contributed by atoms with Gasteiger partial charge in [0.2, 0.25) is 0 Å². The maximum absolute atomic E-state index is 10.4. The van der Waals surface area contributed by atoms with Crippen molar-refractivity contribution in [2.75, 3.05) is 39.3 Å². The minimum absolute atomic E-state index is 0.135. The van der Waals surface area contributed by atoms with Gasteiger partial charge in [0.1, 0.15) is 0 Å². The first-order valence-electron chi connectivity index (χ1n) is 4.57. The van der Waals surface area contributed by atoms with Crippen LogP contribution in [0, 0.1) is 0 Å². The third kappa shape index (κ3) is 4.09. The standard InChI is InChI=1S/C9H15ClN2O2/c1-8(10)6-11-2-4-12(5-3-11)7-9(13)14/h1-7H2,(H,13,14). The van der Waals surface area contributed by atoms with Crippen LogP contribution in [0.1, 0.15) is 0 Å². The average Bonchev–Trinajstić information content (AvgIpc) is 2.06. The Balaban J connectivity index is 2.24. The first kappa shape index (κ1) is 11.5. The van der Waals surface area contributed by atoms with Gasteiger partial charge in [-0.3, -0.25) is 14.6 Å². The molecule has 0 spiro atoms. The lowest BCUT2D eigenvalue weighted by Crippen LogP contribution is -2.48. The van der Waals surface area contributed by atoms with Crippen molar-refractivity contribution >= 4 is 17.6 Å². The second kappa shape index (κ2) is 5.34. The molecule has 0 amide bonds. The minimum Gasteiger partial charge on any atom is -0.480 e. The molecule has 0 aromatic carbocycles. The Bertz CT molecular complexity index is 201. The van der Waals surface area contributed by atoms with Crippen LogP contribution >= 0.6 is 11.6 Å². The predicted molar refractivity (Wildman–Crippen MR) is 55.5 cm³/mol. The molecular weight excluding hydrogens is 204 g/mol. The Morgan fingerprint density at radius 2 is 1.64 bits per heavy atom. The number of hydrogen-bond acceptors (Lipinski definition) is 3. The van der Waals surface area contributed by atoms with E-state index in [0.717, 1.165) is 26.2 Å². The lowest BCUT2D eigenvalue weighted by atomic mass is 10.3. The van der Waals surface area contributed by atoms with E-state index in [0.29, 0.717) is 11.6 Å². The fourth-order valence-electron chi connectivity index (χ4n) is 1.54. The molecule has 1 heterocycles. The van der Waals surface area contributed by atoms with E-state index < -0.39 is 5.97 Å². The van der Waals surface area contributed by atoms with Crippen LogP contribution in [0.15, 0.2) is 11.6 Å². The molecular formula is C9H15ClN2O2. The summed E-state index contributed by atoms with van der Waals surface area (Å²) >= 11 is 5.69. The van der Waals surface area contributed by atoms with Gasteiger partial charge in [-0.2, -0.15) is 0 Å². The summed E-state index contributed by atoms with van der Waals surface area (Å²) in [6.07, 6.45) is 0. The average molecular weight is 219 g/mol. The summed E-state index contributed by atoms with van der Waals surface area (Å²) in [6.45, 7) is 7.76. The molecule has 4 nitrogen and oxygen atoms in total. The van der Waals surface area contributed by atoms with Gasteiger partial charge in [-0.15, -0.1) is 0 Å². The molecule has 1 aliphatic rings. The van der Waals surface area contributed by atoms with E-state index in [9.17, 15) is 4.79 Å². The normalized spacial score (nSPS) is 19.5. The maximum atomic E-state index is 10.4. The number of rotatable bonds is 4. The van der Waals surface area contributed by atoms with Crippen LogP contribution in [0.2, 0.25) is 0 Å². The number of carboxylic acid groups (broad SMARTS) is 1. The monoisotopic (exact) mass is 218 g/mol. The van der Waals surface area contributed by atoms with Gasteiger partial charge >= 0.3 is 5.97 Å². The van der Waals surface area contributed by atoms with Gasteiger partial charge < -0.3 is 5.11 Å². The van der Waals surface area contributed by atoms with Gasteiger partial charge in [-0.1, -0.05) is 18.2 Å². The van der Waals surface area contributed by atoms with Gasteiger partial charge in [-0.05, 0) is 0 Å². The molecule has 1 aliphatic heterocycles. The molecule has 0 aliphatic carbocycles. The Hall–Kier alpha value is -0.580. The van der Waals surface area contributed by atoms with Crippen molar-refractivity contribution in [1.82, 2.24) is 9.80 Å². The topological polar surface area (TPSA) is 43.8 Å². The Morgan fingerprint density at radius 1 is 1.21 bits per heavy atom. The van der Waals surface area contributed by atoms with Crippen LogP contribution in [-0.2, 0) is 4.79 Å². The van der Waals surface area contributed by atoms with Gasteiger partial charge in [0.15, 0.2) is 0 Å². The number of halogens is 1. The van der Waals surface area contributed by atoms with Crippen LogP contribution < -0.4 is 0 Å². The summed E-state index contributed by atoms with van der Waals surface area (Å²) in [4.78, 5) is 14.5. The molecule has 0 aromatic rings. The fraction of sp³-hybridized carbons (Fsp3) is 0.667. The van der Waals surface area contributed by atoms with Crippen molar-refractivity contribution in [3.63, 3.8) is 0 Å². The number of carbonyl (C=O) groups is 1. The Kier molecular flexibility index (Phi) is 4.38. The van der Waals surface area contributed by atoms with E-state index in [2.05, 4.69) is 11.5 Å².